The number of nitrogens with one attached hydrogen (secondary N) is 3. The van der Waals surface area contributed by atoms with E-state index in [1.165, 1.54) is 6.92 Å². The Kier molecular flexibility index (Phi) is 11.2. The molecule has 0 saturated heterocycles. The van der Waals surface area contributed by atoms with E-state index >= 15 is 0 Å². The molecule has 4 unspecified atom stereocenters. The van der Waals surface area contributed by atoms with Crippen LogP contribution >= 0.6 is 12.6 Å². The molecule has 0 radical (unpaired) electrons. The molecule has 0 fully saturated rings. The normalized spacial score (nSPS) is 14.3. The first-order valence-electron chi connectivity index (χ1n) is 9.81. The number of benzene rings is 1. The van der Waals surface area contributed by atoms with Crippen molar-refractivity contribution >= 4 is 42.3 Å². The first kappa shape index (κ1) is 26.9. The summed E-state index contributed by atoms with van der Waals surface area (Å²) in [5.74, 6) is -4.61. The van der Waals surface area contributed by atoms with E-state index in [0.717, 1.165) is 5.56 Å². The van der Waals surface area contributed by atoms with Gasteiger partial charge in [0.1, 0.15) is 18.1 Å². The van der Waals surface area contributed by atoms with Crippen LogP contribution in [0.2, 0.25) is 0 Å². The van der Waals surface area contributed by atoms with Crippen LogP contribution in [0.25, 0.3) is 0 Å². The maximum Gasteiger partial charge on any atom is 0.326 e. The van der Waals surface area contributed by atoms with Gasteiger partial charge in [-0.1, -0.05) is 30.3 Å². The van der Waals surface area contributed by atoms with Gasteiger partial charge in [0.25, 0.3) is 0 Å². The average molecular weight is 469 g/mol. The van der Waals surface area contributed by atoms with E-state index in [2.05, 4.69) is 28.6 Å². The van der Waals surface area contributed by atoms with Gasteiger partial charge in [0.2, 0.25) is 17.7 Å². The zero-order valence-electron chi connectivity index (χ0n) is 17.5. The second-order valence-electron chi connectivity index (χ2n) is 7.10. The maximum absolute atomic E-state index is 12.8. The number of carboxylic acid groups (broad SMARTS) is 2. The number of carbonyl (C=O) groups excluding carboxylic acids is 3. The second kappa shape index (κ2) is 13.3. The number of hydrogen-bond donors (Lipinski definition) is 7. The van der Waals surface area contributed by atoms with Crippen molar-refractivity contribution < 1.29 is 34.2 Å². The van der Waals surface area contributed by atoms with Gasteiger partial charge in [0.05, 0.1) is 6.04 Å². The van der Waals surface area contributed by atoms with E-state index in [0.29, 0.717) is 0 Å². The number of aliphatic carboxylic acids is 2. The molecule has 0 spiro atoms. The molecule has 12 heteroatoms. The summed E-state index contributed by atoms with van der Waals surface area (Å²) in [5.41, 5.74) is 6.41. The molecule has 7 N–H and O–H groups in total. The van der Waals surface area contributed by atoms with Crippen LogP contribution in [-0.2, 0) is 30.4 Å². The van der Waals surface area contributed by atoms with Crippen LogP contribution in [0, 0.1) is 0 Å². The minimum atomic E-state index is -1.42. The van der Waals surface area contributed by atoms with E-state index < -0.39 is 60.2 Å². The van der Waals surface area contributed by atoms with E-state index in [-0.39, 0.29) is 18.6 Å². The van der Waals surface area contributed by atoms with Crippen molar-refractivity contribution in [2.45, 2.75) is 50.4 Å². The minimum Gasteiger partial charge on any atom is -0.481 e. The van der Waals surface area contributed by atoms with Gasteiger partial charge < -0.3 is 31.9 Å². The number of carboxylic acids is 2. The Balaban J connectivity index is 2.85. The monoisotopic (exact) mass is 468 g/mol. The van der Waals surface area contributed by atoms with Crippen LogP contribution in [0.3, 0.4) is 0 Å². The molecular weight excluding hydrogens is 440 g/mol. The van der Waals surface area contributed by atoms with Gasteiger partial charge in [-0.15, -0.1) is 0 Å². The van der Waals surface area contributed by atoms with Gasteiger partial charge in [-0.25, -0.2) is 4.79 Å². The Morgan fingerprint density at radius 3 is 2.06 bits per heavy atom. The summed E-state index contributed by atoms with van der Waals surface area (Å²) in [5, 5.41) is 25.0. The molecular formula is C20H28N4O7S. The summed E-state index contributed by atoms with van der Waals surface area (Å²) >= 11 is 3.96. The molecule has 0 saturated carbocycles. The van der Waals surface area contributed by atoms with Crippen LogP contribution in [0.15, 0.2) is 30.3 Å². The van der Waals surface area contributed by atoms with Crippen molar-refractivity contribution in [1.82, 2.24) is 16.0 Å². The molecule has 176 valence electrons. The Morgan fingerprint density at radius 2 is 1.53 bits per heavy atom. The summed E-state index contributed by atoms with van der Waals surface area (Å²) in [6.07, 6.45) is -0.637. The van der Waals surface area contributed by atoms with Gasteiger partial charge in [-0.3, -0.25) is 19.2 Å². The standard InChI is InChI=1S/C20H28N4O7S/c1-11(17(27)23-14(20(30)31)7-8-16(25)26)22-19(29)15(24-18(28)13(21)10-32)9-12-5-3-2-4-6-12/h2-6,11,13-15,32H,7-10,21H2,1H3,(H,22,29)(H,23,27)(H,24,28)(H,25,26)(H,30,31). The van der Waals surface area contributed by atoms with Gasteiger partial charge in [0.15, 0.2) is 0 Å². The smallest absolute Gasteiger partial charge is 0.326 e. The van der Waals surface area contributed by atoms with Crippen LogP contribution in [0.1, 0.15) is 25.3 Å². The summed E-state index contributed by atoms with van der Waals surface area (Å²) in [7, 11) is 0. The molecule has 0 aliphatic rings. The van der Waals surface area contributed by atoms with Crippen molar-refractivity contribution in [1.29, 1.82) is 0 Å². The summed E-state index contributed by atoms with van der Waals surface area (Å²) in [6.45, 7) is 1.34. The van der Waals surface area contributed by atoms with Crippen LogP contribution in [-0.4, -0.2) is 69.8 Å². The minimum absolute atomic E-state index is 0.0667. The molecule has 0 aliphatic carbocycles. The number of thiol groups is 1. The van der Waals surface area contributed by atoms with E-state index in [9.17, 15) is 24.0 Å². The number of nitrogens with two attached hydrogens (primary N) is 1. The predicted octanol–water partition coefficient (Wildman–Crippen LogP) is -1.09. The van der Waals surface area contributed by atoms with Crippen LogP contribution < -0.4 is 21.7 Å². The Labute approximate surface area is 190 Å². The highest BCUT2D eigenvalue weighted by atomic mass is 32.1. The van der Waals surface area contributed by atoms with Gasteiger partial charge >= 0.3 is 11.9 Å². The second-order valence-corrected chi connectivity index (χ2v) is 7.47. The van der Waals surface area contributed by atoms with Gasteiger partial charge in [0, 0.05) is 18.6 Å². The molecule has 32 heavy (non-hydrogen) atoms. The van der Waals surface area contributed by atoms with Crippen molar-refractivity contribution in [3.63, 3.8) is 0 Å². The molecule has 1 rings (SSSR count). The largest absolute Gasteiger partial charge is 0.481 e. The molecule has 0 bridgehead atoms. The first-order chi connectivity index (χ1) is 15.0. The number of hydrogen-bond acceptors (Lipinski definition) is 7. The SMILES string of the molecule is CC(NC(=O)C(Cc1ccccc1)NC(=O)C(N)CS)C(=O)NC(CCC(=O)O)C(=O)O. The molecule has 11 nitrogen and oxygen atoms in total. The third-order valence-electron chi connectivity index (χ3n) is 4.46. The van der Waals surface area contributed by atoms with Crippen LogP contribution in [0.4, 0.5) is 0 Å². The molecule has 1 aromatic rings. The highest BCUT2D eigenvalue weighted by molar-refractivity contribution is 7.80. The van der Waals surface area contributed by atoms with Crippen molar-refractivity contribution in [3.8, 4) is 0 Å². The fourth-order valence-corrected chi connectivity index (χ4v) is 2.79. The molecule has 3 amide bonds. The molecule has 1 aromatic carbocycles. The maximum atomic E-state index is 12.8. The lowest BCUT2D eigenvalue weighted by Gasteiger charge is -2.23. The zero-order chi connectivity index (χ0) is 24.3. The van der Waals surface area contributed by atoms with Gasteiger partial charge in [-0.2, -0.15) is 12.6 Å². The Bertz CT molecular complexity index is 821. The molecule has 4 atom stereocenters. The van der Waals surface area contributed by atoms with Crippen molar-refractivity contribution in [2.75, 3.05) is 5.75 Å². The number of amides is 3. The first-order valence-corrected chi connectivity index (χ1v) is 10.4. The Hall–Kier alpha value is -3.12. The quantitative estimate of drug-likeness (QED) is 0.178. The summed E-state index contributed by atoms with van der Waals surface area (Å²) < 4.78 is 0. The lowest BCUT2D eigenvalue weighted by Crippen LogP contribution is -2.57. The van der Waals surface area contributed by atoms with E-state index in [1.807, 2.05) is 0 Å². The lowest BCUT2D eigenvalue weighted by atomic mass is 10.0. The molecule has 0 heterocycles. The highest BCUT2D eigenvalue weighted by Gasteiger charge is 2.28. The van der Waals surface area contributed by atoms with Crippen molar-refractivity contribution in [2.24, 2.45) is 5.73 Å². The molecule has 0 aliphatic heterocycles. The number of carbonyl (C=O) groups is 5. The zero-order valence-corrected chi connectivity index (χ0v) is 18.4. The number of rotatable bonds is 13. The predicted molar refractivity (Wildman–Crippen MR) is 118 cm³/mol. The summed E-state index contributed by atoms with van der Waals surface area (Å²) in [6, 6.07) is 4.31. The Morgan fingerprint density at radius 1 is 0.938 bits per heavy atom. The van der Waals surface area contributed by atoms with E-state index in [1.54, 1.807) is 30.3 Å². The fraction of sp³-hybridized carbons (Fsp3) is 0.450. The van der Waals surface area contributed by atoms with Gasteiger partial charge in [-0.05, 0) is 18.9 Å². The third-order valence-corrected chi connectivity index (χ3v) is 4.86. The lowest BCUT2D eigenvalue weighted by molar-refractivity contribution is -0.143. The summed E-state index contributed by atoms with van der Waals surface area (Å²) in [4.78, 5) is 59.2. The van der Waals surface area contributed by atoms with E-state index in [4.69, 9.17) is 15.9 Å². The third kappa shape index (κ3) is 9.35. The van der Waals surface area contributed by atoms with Crippen LogP contribution in [0.5, 0.6) is 0 Å². The highest BCUT2D eigenvalue weighted by Crippen LogP contribution is 2.05. The topological polar surface area (TPSA) is 188 Å². The molecule has 0 aromatic heterocycles. The average Bonchev–Trinajstić information content (AvgIpc) is 2.75. The van der Waals surface area contributed by atoms with Crippen molar-refractivity contribution in [3.05, 3.63) is 35.9 Å². The fourth-order valence-electron chi connectivity index (χ4n) is 2.62.